The topological polar surface area (TPSA) is 0 Å². The van der Waals surface area contributed by atoms with E-state index in [1.165, 1.54) is 57.8 Å². The first-order valence-electron chi connectivity index (χ1n) is 8.10. The second-order valence-electron chi connectivity index (χ2n) is 5.85. The summed E-state index contributed by atoms with van der Waals surface area (Å²) >= 11 is 0. The molecule has 0 aromatic heterocycles. The van der Waals surface area contributed by atoms with Gasteiger partial charge < -0.3 is 0 Å². The van der Waals surface area contributed by atoms with Gasteiger partial charge in [-0.2, -0.15) is 0 Å². The molecule has 0 bridgehead atoms. The molecule has 2 aliphatic carbocycles. The van der Waals surface area contributed by atoms with E-state index in [9.17, 15) is 0 Å². The Balaban J connectivity index is 1.99. The van der Waals surface area contributed by atoms with E-state index in [1.54, 1.807) is 22.3 Å². The Bertz CT molecular complexity index is 375. The van der Waals surface area contributed by atoms with Crippen molar-refractivity contribution in [3.8, 4) is 0 Å². The van der Waals surface area contributed by atoms with Crippen molar-refractivity contribution in [3.05, 3.63) is 46.6 Å². The molecule has 0 radical (unpaired) electrons. The third-order valence-corrected chi connectivity index (χ3v) is 4.30. The molecule has 0 N–H and O–H groups in total. The van der Waals surface area contributed by atoms with Crippen molar-refractivity contribution in [1.82, 2.24) is 0 Å². The lowest BCUT2D eigenvalue weighted by Gasteiger charge is -2.11. The quantitative estimate of drug-likeness (QED) is 0.480. The predicted molar refractivity (Wildman–Crippen MR) is 85.2 cm³/mol. The van der Waals surface area contributed by atoms with Crippen molar-refractivity contribution in [2.75, 3.05) is 0 Å². The summed E-state index contributed by atoms with van der Waals surface area (Å²) in [5.74, 6) is 0. The van der Waals surface area contributed by atoms with Crippen molar-refractivity contribution >= 4 is 0 Å². The van der Waals surface area contributed by atoms with Crippen LogP contribution in [0.5, 0.6) is 0 Å². The molecule has 0 heterocycles. The molecular formula is C19H28. The van der Waals surface area contributed by atoms with Crippen LogP contribution < -0.4 is 0 Å². The second kappa shape index (κ2) is 7.53. The molecule has 0 atom stereocenters. The molecule has 2 aliphatic rings. The SMILES string of the molecule is CCCCC1=C(CC2=C(CCCC)C=CC2)CC=C1. The lowest BCUT2D eigenvalue weighted by Crippen LogP contribution is -1.92. The summed E-state index contributed by atoms with van der Waals surface area (Å²) in [5.41, 5.74) is 6.66. The highest BCUT2D eigenvalue weighted by Gasteiger charge is 2.14. The highest BCUT2D eigenvalue weighted by atomic mass is 14.2. The van der Waals surface area contributed by atoms with Crippen molar-refractivity contribution in [2.45, 2.75) is 71.6 Å². The molecular weight excluding hydrogens is 228 g/mol. The smallest absolute Gasteiger partial charge is 0.00906 e. The monoisotopic (exact) mass is 256 g/mol. The molecule has 0 amide bonds. The van der Waals surface area contributed by atoms with Crippen molar-refractivity contribution in [1.29, 1.82) is 0 Å². The molecule has 0 aromatic carbocycles. The Morgan fingerprint density at radius 3 is 1.68 bits per heavy atom. The van der Waals surface area contributed by atoms with Gasteiger partial charge in [0.25, 0.3) is 0 Å². The zero-order chi connectivity index (χ0) is 13.5. The van der Waals surface area contributed by atoms with Crippen LogP contribution in [0.3, 0.4) is 0 Å². The zero-order valence-electron chi connectivity index (χ0n) is 12.7. The maximum Gasteiger partial charge on any atom is -0.00906 e. The number of allylic oxidation sites excluding steroid dienone is 8. The van der Waals surface area contributed by atoms with Gasteiger partial charge in [0.2, 0.25) is 0 Å². The number of hydrogen-bond acceptors (Lipinski definition) is 0. The van der Waals surface area contributed by atoms with Crippen LogP contribution in [0.15, 0.2) is 46.6 Å². The van der Waals surface area contributed by atoms with Crippen LogP contribution >= 0.6 is 0 Å². The third kappa shape index (κ3) is 3.96. The van der Waals surface area contributed by atoms with E-state index in [-0.39, 0.29) is 0 Å². The molecule has 0 heteroatoms. The molecule has 0 aliphatic heterocycles. The maximum absolute atomic E-state index is 2.37. The van der Waals surface area contributed by atoms with Crippen LogP contribution in [0.4, 0.5) is 0 Å². The standard InChI is InChI=1S/C19H28/c1-3-5-9-16-11-7-13-18(16)15-19-14-8-12-17(19)10-6-4-2/h7-8,11-12H,3-6,9-10,13-15H2,1-2H3. The Labute approximate surface area is 119 Å². The Hall–Kier alpha value is -1.04. The Morgan fingerprint density at radius 2 is 1.26 bits per heavy atom. The Kier molecular flexibility index (Phi) is 5.69. The van der Waals surface area contributed by atoms with Crippen LogP contribution in [0.2, 0.25) is 0 Å². The first-order valence-corrected chi connectivity index (χ1v) is 8.10. The second-order valence-corrected chi connectivity index (χ2v) is 5.85. The Morgan fingerprint density at radius 1 is 0.789 bits per heavy atom. The van der Waals surface area contributed by atoms with Gasteiger partial charge in [0.1, 0.15) is 0 Å². The third-order valence-electron chi connectivity index (χ3n) is 4.30. The molecule has 0 aromatic rings. The minimum absolute atomic E-state index is 1.20. The summed E-state index contributed by atoms with van der Waals surface area (Å²) in [6.07, 6.45) is 20.9. The van der Waals surface area contributed by atoms with Crippen LogP contribution in [-0.4, -0.2) is 0 Å². The van der Waals surface area contributed by atoms with Gasteiger partial charge >= 0.3 is 0 Å². The van der Waals surface area contributed by atoms with Gasteiger partial charge in [0.05, 0.1) is 0 Å². The molecule has 0 unspecified atom stereocenters. The first kappa shape index (κ1) is 14.4. The predicted octanol–water partition coefficient (Wildman–Crippen LogP) is 6.27. The number of hydrogen-bond donors (Lipinski definition) is 0. The summed E-state index contributed by atoms with van der Waals surface area (Å²) in [6.45, 7) is 4.57. The minimum Gasteiger partial charge on any atom is -0.0802 e. The fraction of sp³-hybridized carbons (Fsp3) is 0.579. The minimum atomic E-state index is 1.20. The van der Waals surface area contributed by atoms with Crippen molar-refractivity contribution in [2.24, 2.45) is 0 Å². The van der Waals surface area contributed by atoms with E-state index in [2.05, 4.69) is 38.2 Å². The van der Waals surface area contributed by atoms with Crippen LogP contribution in [-0.2, 0) is 0 Å². The maximum atomic E-state index is 2.37. The normalized spacial score (nSPS) is 18.2. The number of unbranched alkanes of at least 4 members (excludes halogenated alkanes) is 2. The highest BCUT2D eigenvalue weighted by molar-refractivity contribution is 5.41. The van der Waals surface area contributed by atoms with E-state index >= 15 is 0 Å². The van der Waals surface area contributed by atoms with E-state index in [0.29, 0.717) is 0 Å². The molecule has 104 valence electrons. The molecule has 0 saturated heterocycles. The molecule has 0 nitrogen and oxygen atoms in total. The molecule has 0 saturated carbocycles. The van der Waals surface area contributed by atoms with E-state index in [4.69, 9.17) is 0 Å². The van der Waals surface area contributed by atoms with Gasteiger partial charge in [0, 0.05) is 0 Å². The van der Waals surface area contributed by atoms with Crippen molar-refractivity contribution < 1.29 is 0 Å². The van der Waals surface area contributed by atoms with Gasteiger partial charge in [0.15, 0.2) is 0 Å². The average Bonchev–Trinajstić information content (AvgIpc) is 3.04. The molecule has 19 heavy (non-hydrogen) atoms. The molecule has 0 spiro atoms. The lowest BCUT2D eigenvalue weighted by molar-refractivity contribution is 0.781. The van der Waals surface area contributed by atoms with Crippen molar-refractivity contribution in [3.63, 3.8) is 0 Å². The summed E-state index contributed by atoms with van der Waals surface area (Å²) < 4.78 is 0. The summed E-state index contributed by atoms with van der Waals surface area (Å²) in [5, 5.41) is 0. The van der Waals surface area contributed by atoms with Gasteiger partial charge in [-0.05, 0) is 56.1 Å². The van der Waals surface area contributed by atoms with Crippen LogP contribution in [0.25, 0.3) is 0 Å². The zero-order valence-corrected chi connectivity index (χ0v) is 12.7. The number of rotatable bonds is 8. The summed E-state index contributed by atoms with van der Waals surface area (Å²) in [4.78, 5) is 0. The van der Waals surface area contributed by atoms with Gasteiger partial charge in [-0.15, -0.1) is 0 Å². The molecule has 2 rings (SSSR count). The van der Waals surface area contributed by atoms with Crippen LogP contribution in [0.1, 0.15) is 71.6 Å². The summed E-state index contributed by atoms with van der Waals surface area (Å²) in [6, 6.07) is 0. The fourth-order valence-electron chi connectivity index (χ4n) is 3.07. The first-order chi connectivity index (χ1) is 9.35. The average molecular weight is 256 g/mol. The highest BCUT2D eigenvalue weighted by Crippen LogP contribution is 2.34. The van der Waals surface area contributed by atoms with E-state index in [1.807, 2.05) is 0 Å². The van der Waals surface area contributed by atoms with E-state index in [0.717, 1.165) is 0 Å². The van der Waals surface area contributed by atoms with Gasteiger partial charge in [-0.3, -0.25) is 0 Å². The fourth-order valence-corrected chi connectivity index (χ4v) is 3.07. The van der Waals surface area contributed by atoms with E-state index < -0.39 is 0 Å². The summed E-state index contributed by atoms with van der Waals surface area (Å²) in [7, 11) is 0. The van der Waals surface area contributed by atoms with Gasteiger partial charge in [-0.25, -0.2) is 0 Å². The molecule has 0 fully saturated rings. The largest absolute Gasteiger partial charge is 0.0802 e. The lowest BCUT2D eigenvalue weighted by atomic mass is 9.94. The van der Waals surface area contributed by atoms with Gasteiger partial charge in [-0.1, -0.05) is 62.1 Å². The van der Waals surface area contributed by atoms with Crippen LogP contribution in [0, 0.1) is 0 Å².